The summed E-state index contributed by atoms with van der Waals surface area (Å²) in [6, 6.07) is 9.38. The summed E-state index contributed by atoms with van der Waals surface area (Å²) in [7, 11) is 1.55. The quantitative estimate of drug-likeness (QED) is 0.326. The van der Waals surface area contributed by atoms with Gasteiger partial charge in [-0.2, -0.15) is 0 Å². The number of anilines is 1. The molecule has 4 rings (SSSR count). The standard InChI is InChI=1S/C32H38Cl2N4O6.Na/c1-31(2)20(14-15-32(31,3)30(44)38-16-6-9-24(38)27(40)35-4)26(39)37-23(29(42)43)17-18-10-12-19(13-11-18)36-28(41)25-21(33)7-5-8-22(25)34;/h5,7-8,10-13,20,23-24H,6,9,14-17H2,1-4H3,(H,35,40)(H,36,41)(H,37,39)(H,42,43);/q;+1/p-1/t20-,23+,24+,32+;/m1./s1. The molecule has 10 nitrogen and oxygen atoms in total. The maximum Gasteiger partial charge on any atom is 1.00 e. The van der Waals surface area contributed by atoms with Crippen LogP contribution in [0.2, 0.25) is 10.0 Å². The molecule has 0 aromatic heterocycles. The van der Waals surface area contributed by atoms with Crippen LogP contribution < -0.4 is 50.6 Å². The van der Waals surface area contributed by atoms with Crippen LogP contribution in [0.3, 0.4) is 0 Å². The number of likely N-dealkylation sites (tertiary alicyclic amines) is 1. The Morgan fingerprint density at radius 2 is 1.60 bits per heavy atom. The average Bonchev–Trinajstić information content (AvgIpc) is 3.55. The molecular formula is C32H37Cl2N4NaO6. The smallest absolute Gasteiger partial charge is 0.548 e. The van der Waals surface area contributed by atoms with Crippen molar-refractivity contribution in [2.45, 2.75) is 65.0 Å². The van der Waals surface area contributed by atoms with Gasteiger partial charge in [-0.1, -0.05) is 62.2 Å². The second-order valence-corrected chi connectivity index (χ2v) is 13.1. The van der Waals surface area contributed by atoms with E-state index < -0.39 is 46.6 Å². The molecule has 45 heavy (non-hydrogen) atoms. The van der Waals surface area contributed by atoms with Gasteiger partial charge >= 0.3 is 29.6 Å². The fourth-order valence-electron chi connectivity index (χ4n) is 6.44. The number of hydrogen-bond donors (Lipinski definition) is 3. The number of nitrogens with zero attached hydrogens (tertiary/aromatic N) is 1. The zero-order valence-electron chi connectivity index (χ0n) is 26.2. The Morgan fingerprint density at radius 1 is 0.978 bits per heavy atom. The summed E-state index contributed by atoms with van der Waals surface area (Å²) in [5.74, 6) is -3.40. The molecule has 2 aliphatic rings. The monoisotopic (exact) mass is 666 g/mol. The summed E-state index contributed by atoms with van der Waals surface area (Å²) < 4.78 is 0. The molecule has 4 amide bonds. The summed E-state index contributed by atoms with van der Waals surface area (Å²) in [5.41, 5.74) is -0.564. The maximum absolute atomic E-state index is 13.8. The van der Waals surface area contributed by atoms with Crippen molar-refractivity contribution in [2.24, 2.45) is 16.7 Å². The summed E-state index contributed by atoms with van der Waals surface area (Å²) in [4.78, 5) is 66.1. The Labute approximate surface area is 295 Å². The minimum atomic E-state index is -1.44. The topological polar surface area (TPSA) is 148 Å². The van der Waals surface area contributed by atoms with E-state index in [1.165, 1.54) is 0 Å². The van der Waals surface area contributed by atoms with E-state index in [1.807, 2.05) is 20.8 Å². The molecule has 1 saturated carbocycles. The Kier molecular flexibility index (Phi) is 12.2. The zero-order chi connectivity index (χ0) is 32.4. The number of aliphatic carboxylic acids is 1. The fourth-order valence-corrected chi connectivity index (χ4v) is 7.01. The van der Waals surface area contributed by atoms with E-state index >= 15 is 0 Å². The largest absolute Gasteiger partial charge is 1.00 e. The van der Waals surface area contributed by atoms with Crippen molar-refractivity contribution >= 4 is 58.5 Å². The van der Waals surface area contributed by atoms with Crippen LogP contribution >= 0.6 is 23.2 Å². The molecule has 3 N–H and O–H groups in total. The van der Waals surface area contributed by atoms with Gasteiger partial charge in [0.05, 0.1) is 33.0 Å². The van der Waals surface area contributed by atoms with Crippen LogP contribution in [0.1, 0.15) is 62.4 Å². The van der Waals surface area contributed by atoms with Gasteiger partial charge in [-0.15, -0.1) is 0 Å². The zero-order valence-corrected chi connectivity index (χ0v) is 29.7. The third-order valence-electron chi connectivity index (χ3n) is 9.52. The molecule has 0 bridgehead atoms. The van der Waals surface area contributed by atoms with Crippen molar-refractivity contribution in [1.82, 2.24) is 15.5 Å². The molecule has 0 radical (unpaired) electrons. The van der Waals surface area contributed by atoms with E-state index in [2.05, 4.69) is 16.0 Å². The summed E-state index contributed by atoms with van der Waals surface area (Å²) >= 11 is 12.2. The molecule has 4 atom stereocenters. The number of likely N-dealkylation sites (N-methyl/N-ethyl adjacent to an activating group) is 1. The summed E-state index contributed by atoms with van der Waals surface area (Å²) in [5, 5.41) is 20.5. The van der Waals surface area contributed by atoms with Gasteiger partial charge in [-0.25, -0.2) is 0 Å². The van der Waals surface area contributed by atoms with E-state index in [9.17, 15) is 29.1 Å². The van der Waals surface area contributed by atoms with Crippen LogP contribution in [-0.4, -0.2) is 60.2 Å². The average molecular weight is 668 g/mol. The van der Waals surface area contributed by atoms with Crippen molar-refractivity contribution < 1.29 is 58.6 Å². The number of rotatable bonds is 9. The van der Waals surface area contributed by atoms with Crippen LogP contribution in [0.4, 0.5) is 5.69 Å². The van der Waals surface area contributed by atoms with E-state index in [0.29, 0.717) is 37.1 Å². The molecule has 1 saturated heterocycles. The van der Waals surface area contributed by atoms with E-state index in [-0.39, 0.29) is 63.4 Å². The van der Waals surface area contributed by atoms with Crippen LogP contribution in [0, 0.1) is 16.7 Å². The number of hydrogen-bond acceptors (Lipinski definition) is 6. The van der Waals surface area contributed by atoms with Gasteiger partial charge in [0, 0.05) is 25.2 Å². The van der Waals surface area contributed by atoms with E-state index in [4.69, 9.17) is 23.2 Å². The Hall–Kier alpha value is -2.63. The third-order valence-corrected chi connectivity index (χ3v) is 10.1. The number of amides is 4. The molecule has 1 heterocycles. The van der Waals surface area contributed by atoms with Crippen LogP contribution in [0.25, 0.3) is 0 Å². The summed E-state index contributed by atoms with van der Waals surface area (Å²) in [6.45, 7) is 6.01. The molecule has 236 valence electrons. The second-order valence-electron chi connectivity index (χ2n) is 12.2. The number of carbonyl (C=O) groups excluding carboxylic acids is 5. The van der Waals surface area contributed by atoms with Crippen LogP contribution in [0.15, 0.2) is 42.5 Å². The number of carbonyl (C=O) groups is 5. The third kappa shape index (κ3) is 7.52. The first-order valence-corrected chi connectivity index (χ1v) is 15.3. The SMILES string of the molecule is CNC(=O)[C@@H]1CCCN1C(=O)[C@]1(C)CC[C@H](C(=O)N[C@@H](Cc2ccc(NC(=O)c3c(Cl)cccc3Cl)cc2)C(=O)[O-])C1(C)C.[Na+]. The van der Waals surface area contributed by atoms with Crippen molar-refractivity contribution in [3.63, 3.8) is 0 Å². The normalized spacial score (nSPS) is 22.6. The van der Waals surface area contributed by atoms with Gasteiger partial charge in [0.2, 0.25) is 17.7 Å². The molecule has 1 aliphatic heterocycles. The van der Waals surface area contributed by atoms with Gasteiger partial charge in [0.25, 0.3) is 5.91 Å². The molecule has 13 heteroatoms. The maximum atomic E-state index is 13.8. The second kappa shape index (κ2) is 14.9. The minimum Gasteiger partial charge on any atom is -0.548 e. The first-order valence-electron chi connectivity index (χ1n) is 14.6. The predicted molar refractivity (Wildman–Crippen MR) is 165 cm³/mol. The fraction of sp³-hybridized carbons (Fsp3) is 0.469. The number of carboxylic acid groups (broad SMARTS) is 1. The van der Waals surface area contributed by atoms with Gasteiger partial charge in [-0.3, -0.25) is 19.2 Å². The van der Waals surface area contributed by atoms with Gasteiger partial charge in [0.15, 0.2) is 0 Å². The summed E-state index contributed by atoms with van der Waals surface area (Å²) in [6.07, 6.45) is 2.08. The van der Waals surface area contributed by atoms with Gasteiger partial charge in [0.1, 0.15) is 6.04 Å². The Balaban J connectivity index is 0.00000552. The molecule has 0 spiro atoms. The van der Waals surface area contributed by atoms with Crippen LogP contribution in [0.5, 0.6) is 0 Å². The molecular weight excluding hydrogens is 630 g/mol. The van der Waals surface area contributed by atoms with Crippen molar-refractivity contribution in [1.29, 1.82) is 0 Å². The molecule has 2 aromatic carbocycles. The molecule has 2 fully saturated rings. The van der Waals surface area contributed by atoms with Crippen molar-refractivity contribution in [3.8, 4) is 0 Å². The van der Waals surface area contributed by atoms with Gasteiger partial charge < -0.3 is 30.8 Å². The van der Waals surface area contributed by atoms with Crippen molar-refractivity contribution in [2.75, 3.05) is 18.9 Å². The molecule has 0 unspecified atom stereocenters. The molecule has 1 aliphatic carbocycles. The van der Waals surface area contributed by atoms with Crippen LogP contribution in [-0.2, 0) is 25.6 Å². The first-order chi connectivity index (χ1) is 20.7. The van der Waals surface area contributed by atoms with E-state index in [1.54, 1.807) is 54.4 Å². The molecule has 2 aromatic rings. The van der Waals surface area contributed by atoms with E-state index in [0.717, 1.165) is 6.42 Å². The number of halogens is 2. The predicted octanol–water partition coefficient (Wildman–Crippen LogP) is 0.206. The Morgan fingerprint density at radius 3 is 2.18 bits per heavy atom. The first kappa shape index (κ1) is 36.8. The van der Waals surface area contributed by atoms with Crippen molar-refractivity contribution in [3.05, 3.63) is 63.6 Å². The number of nitrogens with one attached hydrogen (secondary N) is 3. The van der Waals surface area contributed by atoms with Gasteiger partial charge in [-0.05, 0) is 67.3 Å². The Bertz CT molecular complexity index is 1450. The number of carboxylic acids is 1. The minimum absolute atomic E-state index is 0. The number of benzene rings is 2.